The lowest BCUT2D eigenvalue weighted by Gasteiger charge is -2.06. The summed E-state index contributed by atoms with van der Waals surface area (Å²) in [6, 6.07) is 20.7. The molecule has 1 aliphatic rings. The number of para-hydroxylation sites is 1. The van der Waals surface area contributed by atoms with Gasteiger partial charge in [0, 0.05) is 6.07 Å². The minimum absolute atomic E-state index is 0.187. The molecule has 1 N–H and O–H groups in total. The van der Waals surface area contributed by atoms with Crippen molar-refractivity contribution in [3.05, 3.63) is 72.3 Å². The Kier molecular flexibility index (Phi) is 5.91. The van der Waals surface area contributed by atoms with Gasteiger partial charge in [-0.3, -0.25) is 4.79 Å². The van der Waals surface area contributed by atoms with Crippen LogP contribution >= 0.6 is 23.1 Å². The largest absolute Gasteiger partial charge is 0.457 e. The van der Waals surface area contributed by atoms with Gasteiger partial charge in [0.2, 0.25) is 6.79 Å². The summed E-state index contributed by atoms with van der Waals surface area (Å²) in [7, 11) is 0. The zero-order chi connectivity index (χ0) is 21.8. The molecule has 1 amide bonds. The van der Waals surface area contributed by atoms with Crippen molar-refractivity contribution < 1.29 is 19.0 Å². The molecule has 4 aromatic rings. The van der Waals surface area contributed by atoms with Gasteiger partial charge in [0.25, 0.3) is 5.91 Å². The number of nitrogens with zero attached hydrogens (tertiary/aromatic N) is 2. The highest BCUT2D eigenvalue weighted by Gasteiger charge is 2.14. The van der Waals surface area contributed by atoms with Crippen molar-refractivity contribution in [1.82, 2.24) is 10.4 Å². The molecule has 0 atom stereocenters. The molecule has 9 heteroatoms. The van der Waals surface area contributed by atoms with Crippen LogP contribution in [0, 0.1) is 0 Å². The topological polar surface area (TPSA) is 82.0 Å². The van der Waals surface area contributed by atoms with E-state index >= 15 is 0 Å². The Morgan fingerprint density at radius 1 is 1.09 bits per heavy atom. The molecule has 0 saturated carbocycles. The number of carbonyl (C=O) groups is 1. The first kappa shape index (κ1) is 20.3. The van der Waals surface area contributed by atoms with Crippen molar-refractivity contribution in [2.75, 3.05) is 12.5 Å². The van der Waals surface area contributed by atoms with Crippen LogP contribution in [-0.4, -0.2) is 29.7 Å². The van der Waals surface area contributed by atoms with Crippen LogP contribution in [0.1, 0.15) is 5.56 Å². The number of ether oxygens (including phenoxy) is 3. The van der Waals surface area contributed by atoms with Crippen molar-refractivity contribution in [1.29, 1.82) is 0 Å². The molecular formula is C23H17N3O4S2. The SMILES string of the molecule is O=C(CSc1nc2ccccc2s1)N/N=C/c1ccc(Oc2ccc3c(c2)OCO3)cc1. The standard InChI is InChI=1S/C23H17N3O4S2/c27-22(13-31-23-25-18-3-1-2-4-21(18)32-23)26-24-12-15-5-7-16(8-6-15)30-17-9-10-19-20(11-17)29-14-28-19/h1-12H,13-14H2,(H,26,27)/b24-12+. The number of rotatable bonds is 7. The number of benzene rings is 3. The van der Waals surface area contributed by atoms with E-state index in [1.54, 1.807) is 23.6 Å². The third-order valence-corrected chi connectivity index (χ3v) is 6.64. The van der Waals surface area contributed by atoms with Gasteiger partial charge in [0.1, 0.15) is 11.5 Å². The maximum absolute atomic E-state index is 12.1. The summed E-state index contributed by atoms with van der Waals surface area (Å²) < 4.78 is 18.5. The van der Waals surface area contributed by atoms with Crippen LogP contribution in [0.15, 0.2) is 76.2 Å². The Morgan fingerprint density at radius 2 is 1.91 bits per heavy atom. The Morgan fingerprint density at radius 3 is 2.78 bits per heavy atom. The van der Waals surface area contributed by atoms with E-state index in [1.807, 2.05) is 60.7 Å². The van der Waals surface area contributed by atoms with Gasteiger partial charge < -0.3 is 14.2 Å². The highest BCUT2D eigenvalue weighted by Crippen LogP contribution is 2.36. The van der Waals surface area contributed by atoms with E-state index in [2.05, 4.69) is 15.5 Å². The number of fused-ring (bicyclic) bond motifs is 2. The molecule has 0 fully saturated rings. The number of amides is 1. The lowest BCUT2D eigenvalue weighted by molar-refractivity contribution is -0.118. The van der Waals surface area contributed by atoms with E-state index in [9.17, 15) is 4.79 Å². The second-order valence-corrected chi connectivity index (χ2v) is 8.97. The fourth-order valence-electron chi connectivity index (χ4n) is 2.95. The van der Waals surface area contributed by atoms with Crippen LogP contribution in [0.4, 0.5) is 0 Å². The van der Waals surface area contributed by atoms with Crippen molar-refractivity contribution in [3.8, 4) is 23.0 Å². The molecular weight excluding hydrogens is 446 g/mol. The predicted octanol–water partition coefficient (Wildman–Crippen LogP) is 5.06. The smallest absolute Gasteiger partial charge is 0.250 e. The van der Waals surface area contributed by atoms with Gasteiger partial charge in [0.05, 0.1) is 22.2 Å². The summed E-state index contributed by atoms with van der Waals surface area (Å²) in [5.41, 5.74) is 4.33. The molecule has 5 rings (SSSR count). The average Bonchev–Trinajstić information content (AvgIpc) is 3.45. The Labute approximate surface area is 192 Å². The van der Waals surface area contributed by atoms with Crippen LogP contribution in [0.5, 0.6) is 23.0 Å². The first-order valence-electron chi connectivity index (χ1n) is 9.71. The molecule has 0 bridgehead atoms. The number of thiazole rings is 1. The molecule has 7 nitrogen and oxygen atoms in total. The first-order valence-corrected chi connectivity index (χ1v) is 11.5. The number of aromatic nitrogens is 1. The van der Waals surface area contributed by atoms with Gasteiger partial charge >= 0.3 is 0 Å². The van der Waals surface area contributed by atoms with Crippen LogP contribution in [0.25, 0.3) is 10.2 Å². The van der Waals surface area contributed by atoms with Gasteiger partial charge in [-0.15, -0.1) is 11.3 Å². The van der Waals surface area contributed by atoms with E-state index in [0.717, 1.165) is 20.1 Å². The minimum atomic E-state index is -0.187. The molecule has 0 radical (unpaired) electrons. The fourth-order valence-corrected chi connectivity index (χ4v) is 4.81. The molecule has 160 valence electrons. The number of hydrazone groups is 1. The van der Waals surface area contributed by atoms with Crippen molar-refractivity contribution in [2.45, 2.75) is 4.34 Å². The number of carbonyl (C=O) groups excluding carboxylic acids is 1. The van der Waals surface area contributed by atoms with Crippen LogP contribution in [0.2, 0.25) is 0 Å². The highest BCUT2D eigenvalue weighted by atomic mass is 32.2. The maximum atomic E-state index is 12.1. The van der Waals surface area contributed by atoms with Gasteiger partial charge in [-0.25, -0.2) is 10.4 Å². The summed E-state index contributed by atoms with van der Waals surface area (Å²) in [6.07, 6.45) is 1.59. The summed E-state index contributed by atoms with van der Waals surface area (Å²) in [5, 5.41) is 4.02. The van der Waals surface area contributed by atoms with Gasteiger partial charge in [-0.05, 0) is 54.1 Å². The van der Waals surface area contributed by atoms with E-state index in [-0.39, 0.29) is 18.5 Å². The summed E-state index contributed by atoms with van der Waals surface area (Å²) in [6.45, 7) is 0.226. The van der Waals surface area contributed by atoms with Gasteiger partial charge in [0.15, 0.2) is 15.8 Å². The number of thioether (sulfide) groups is 1. The third kappa shape index (κ3) is 4.84. The average molecular weight is 464 g/mol. The second-order valence-electron chi connectivity index (χ2n) is 6.72. The van der Waals surface area contributed by atoms with E-state index in [0.29, 0.717) is 23.0 Å². The van der Waals surface area contributed by atoms with E-state index in [1.165, 1.54) is 11.8 Å². The molecule has 0 unspecified atom stereocenters. The normalized spacial score (nSPS) is 12.4. The number of hydrogen-bond donors (Lipinski definition) is 1. The molecule has 0 aliphatic carbocycles. The van der Waals surface area contributed by atoms with Crippen LogP contribution in [-0.2, 0) is 4.79 Å². The number of nitrogens with one attached hydrogen (secondary N) is 1. The Hall–Kier alpha value is -3.56. The molecule has 0 saturated heterocycles. The number of hydrogen-bond acceptors (Lipinski definition) is 8. The van der Waals surface area contributed by atoms with Crippen molar-refractivity contribution in [2.24, 2.45) is 5.10 Å². The van der Waals surface area contributed by atoms with E-state index < -0.39 is 0 Å². The van der Waals surface area contributed by atoms with Crippen molar-refractivity contribution >= 4 is 45.4 Å². The molecule has 3 aromatic carbocycles. The third-order valence-electron chi connectivity index (χ3n) is 4.46. The Bertz CT molecular complexity index is 1260. The Balaban J connectivity index is 1.10. The van der Waals surface area contributed by atoms with Crippen molar-refractivity contribution in [3.63, 3.8) is 0 Å². The lowest BCUT2D eigenvalue weighted by atomic mass is 10.2. The fraction of sp³-hybridized carbons (Fsp3) is 0.0870. The quantitative estimate of drug-likeness (QED) is 0.234. The molecule has 1 aliphatic heterocycles. The van der Waals surface area contributed by atoms with Crippen LogP contribution < -0.4 is 19.6 Å². The molecule has 0 spiro atoms. The second kappa shape index (κ2) is 9.29. The highest BCUT2D eigenvalue weighted by molar-refractivity contribution is 8.01. The van der Waals surface area contributed by atoms with Crippen LogP contribution in [0.3, 0.4) is 0 Å². The molecule has 2 heterocycles. The maximum Gasteiger partial charge on any atom is 0.250 e. The molecule has 32 heavy (non-hydrogen) atoms. The zero-order valence-corrected chi connectivity index (χ0v) is 18.3. The lowest BCUT2D eigenvalue weighted by Crippen LogP contribution is -2.19. The minimum Gasteiger partial charge on any atom is -0.457 e. The van der Waals surface area contributed by atoms with Gasteiger partial charge in [-0.1, -0.05) is 23.9 Å². The molecule has 1 aromatic heterocycles. The summed E-state index contributed by atoms with van der Waals surface area (Å²) in [4.78, 5) is 16.6. The monoisotopic (exact) mass is 463 g/mol. The predicted molar refractivity (Wildman–Crippen MR) is 125 cm³/mol. The van der Waals surface area contributed by atoms with E-state index in [4.69, 9.17) is 14.2 Å². The van der Waals surface area contributed by atoms with Gasteiger partial charge in [-0.2, -0.15) is 5.10 Å². The first-order chi connectivity index (χ1) is 15.7. The summed E-state index contributed by atoms with van der Waals surface area (Å²) in [5.74, 6) is 2.78. The summed E-state index contributed by atoms with van der Waals surface area (Å²) >= 11 is 2.97. The zero-order valence-electron chi connectivity index (χ0n) is 16.7.